The van der Waals surface area contributed by atoms with E-state index in [2.05, 4.69) is 5.32 Å². The molecule has 2 heterocycles. The van der Waals surface area contributed by atoms with Crippen molar-refractivity contribution in [1.29, 1.82) is 0 Å². The molecule has 6 heteroatoms. The molecule has 0 aliphatic heterocycles. The molecule has 2 N–H and O–H groups in total. The summed E-state index contributed by atoms with van der Waals surface area (Å²) >= 11 is 1.38. The first kappa shape index (κ1) is 17.4. The second-order valence-electron chi connectivity index (χ2n) is 5.68. The van der Waals surface area contributed by atoms with Crippen LogP contribution in [0.2, 0.25) is 0 Å². The molecule has 4 nitrogen and oxygen atoms in total. The second-order valence-corrected chi connectivity index (χ2v) is 6.63. The minimum atomic E-state index is -1.43. The molecular formula is C19H18FNO3S. The van der Waals surface area contributed by atoms with E-state index in [1.165, 1.54) is 23.7 Å². The fourth-order valence-electron chi connectivity index (χ4n) is 2.59. The summed E-state index contributed by atoms with van der Waals surface area (Å²) < 4.78 is 19.0. The van der Waals surface area contributed by atoms with Crippen LogP contribution in [-0.2, 0) is 16.8 Å². The zero-order chi connectivity index (χ0) is 17.7. The maximum absolute atomic E-state index is 13.6. The Morgan fingerprint density at radius 2 is 2.04 bits per heavy atom. The molecule has 0 saturated carbocycles. The van der Waals surface area contributed by atoms with Crippen molar-refractivity contribution in [3.05, 3.63) is 82.2 Å². The van der Waals surface area contributed by atoms with Crippen molar-refractivity contribution in [2.24, 2.45) is 0 Å². The monoisotopic (exact) mass is 359 g/mol. The number of carbonyl (C=O) groups is 1. The van der Waals surface area contributed by atoms with E-state index in [0.717, 1.165) is 0 Å². The number of aliphatic hydroxyl groups is 1. The van der Waals surface area contributed by atoms with Crippen LogP contribution < -0.4 is 5.32 Å². The van der Waals surface area contributed by atoms with E-state index in [9.17, 15) is 14.3 Å². The van der Waals surface area contributed by atoms with Gasteiger partial charge in [0, 0.05) is 11.3 Å². The van der Waals surface area contributed by atoms with E-state index in [1.807, 2.05) is 11.4 Å². The first-order valence-electron chi connectivity index (χ1n) is 7.90. The van der Waals surface area contributed by atoms with Crippen molar-refractivity contribution in [1.82, 2.24) is 5.32 Å². The molecule has 1 atom stereocenters. The van der Waals surface area contributed by atoms with Crippen LogP contribution in [0.5, 0.6) is 0 Å². The lowest BCUT2D eigenvalue weighted by Crippen LogP contribution is -2.41. The molecule has 0 aliphatic carbocycles. The molecule has 3 rings (SSSR count). The average molecular weight is 359 g/mol. The second kappa shape index (κ2) is 7.63. The highest BCUT2D eigenvalue weighted by Gasteiger charge is 2.36. The van der Waals surface area contributed by atoms with Gasteiger partial charge in [-0.3, -0.25) is 4.79 Å². The van der Waals surface area contributed by atoms with E-state index in [4.69, 9.17) is 4.42 Å². The lowest BCUT2D eigenvalue weighted by atomic mass is 9.98. The zero-order valence-corrected chi connectivity index (χ0v) is 14.3. The number of benzene rings is 1. The molecule has 0 bridgehead atoms. The van der Waals surface area contributed by atoms with Gasteiger partial charge in [-0.25, -0.2) is 4.39 Å². The first-order valence-corrected chi connectivity index (χ1v) is 8.78. The average Bonchev–Trinajstić information content (AvgIpc) is 3.32. The molecular weight excluding hydrogens is 341 g/mol. The van der Waals surface area contributed by atoms with Crippen molar-refractivity contribution in [3.63, 3.8) is 0 Å². The Bertz CT molecular complexity index is 781. The van der Waals surface area contributed by atoms with Gasteiger partial charge < -0.3 is 14.8 Å². The predicted octanol–water partition coefficient (Wildman–Crippen LogP) is 3.47. The molecule has 0 spiro atoms. The Balaban J connectivity index is 1.64. The summed E-state index contributed by atoms with van der Waals surface area (Å²) in [6.07, 6.45) is 1.92. The molecule has 0 saturated heterocycles. The lowest BCUT2D eigenvalue weighted by Gasteiger charge is -2.25. The van der Waals surface area contributed by atoms with Crippen molar-refractivity contribution < 1.29 is 18.7 Å². The maximum atomic E-state index is 13.6. The van der Waals surface area contributed by atoms with Crippen molar-refractivity contribution in [2.45, 2.75) is 18.4 Å². The minimum absolute atomic E-state index is 0.0167. The van der Waals surface area contributed by atoms with Crippen LogP contribution in [0.4, 0.5) is 4.39 Å². The number of nitrogens with one attached hydrogen (secondary N) is 1. The molecule has 0 fully saturated rings. The van der Waals surface area contributed by atoms with Crippen LogP contribution >= 0.6 is 11.3 Å². The van der Waals surface area contributed by atoms with Crippen LogP contribution in [0.1, 0.15) is 22.6 Å². The van der Waals surface area contributed by atoms with Gasteiger partial charge >= 0.3 is 0 Å². The molecule has 1 unspecified atom stereocenters. The van der Waals surface area contributed by atoms with Crippen LogP contribution in [0.15, 0.2) is 64.6 Å². The van der Waals surface area contributed by atoms with Gasteiger partial charge in [0.05, 0.1) is 12.8 Å². The Hall–Kier alpha value is -2.44. The van der Waals surface area contributed by atoms with E-state index < -0.39 is 5.60 Å². The third kappa shape index (κ3) is 3.97. The van der Waals surface area contributed by atoms with Gasteiger partial charge in [-0.15, -0.1) is 11.3 Å². The van der Waals surface area contributed by atoms with Crippen molar-refractivity contribution in [3.8, 4) is 0 Å². The van der Waals surface area contributed by atoms with Crippen LogP contribution in [0.25, 0.3) is 0 Å². The highest BCUT2D eigenvalue weighted by Crippen LogP contribution is 2.32. The Morgan fingerprint density at radius 1 is 1.20 bits per heavy atom. The number of thiophene rings is 1. The van der Waals surface area contributed by atoms with Crippen molar-refractivity contribution in [2.75, 3.05) is 6.54 Å². The number of hydrogen-bond donors (Lipinski definition) is 2. The molecule has 2 aromatic heterocycles. The zero-order valence-electron chi connectivity index (χ0n) is 13.4. The van der Waals surface area contributed by atoms with Crippen LogP contribution in [0, 0.1) is 5.82 Å². The van der Waals surface area contributed by atoms with Crippen molar-refractivity contribution >= 4 is 17.2 Å². The lowest BCUT2D eigenvalue weighted by molar-refractivity contribution is -0.122. The Labute approximate surface area is 148 Å². The minimum Gasteiger partial charge on any atom is -0.466 e. The number of furan rings is 1. The number of hydrogen-bond acceptors (Lipinski definition) is 4. The number of carbonyl (C=O) groups excluding carboxylic acids is 1. The normalized spacial score (nSPS) is 13.4. The summed E-state index contributed by atoms with van der Waals surface area (Å²) in [6, 6.07) is 13.4. The summed E-state index contributed by atoms with van der Waals surface area (Å²) in [5.74, 6) is -0.213. The van der Waals surface area contributed by atoms with Gasteiger partial charge in [-0.1, -0.05) is 24.3 Å². The molecule has 3 aromatic rings. The van der Waals surface area contributed by atoms with Gasteiger partial charge in [-0.05, 0) is 41.6 Å². The largest absolute Gasteiger partial charge is 0.466 e. The smallest absolute Gasteiger partial charge is 0.220 e. The molecule has 130 valence electrons. The molecule has 1 aromatic carbocycles. The SMILES string of the molecule is O=C(CCc1ccccc1F)NCC(O)(c1ccco1)c1cccs1. The van der Waals surface area contributed by atoms with Gasteiger partial charge in [0.1, 0.15) is 11.6 Å². The maximum Gasteiger partial charge on any atom is 0.220 e. The first-order chi connectivity index (χ1) is 12.1. The highest BCUT2D eigenvalue weighted by molar-refractivity contribution is 7.10. The molecule has 0 radical (unpaired) electrons. The standard InChI is InChI=1S/C19H18FNO3S/c20-15-6-2-1-5-14(15)9-10-18(22)21-13-19(23,16-7-3-11-24-16)17-8-4-12-25-17/h1-8,11-12,23H,9-10,13H2,(H,21,22). The molecule has 0 aliphatic rings. The topological polar surface area (TPSA) is 62.5 Å². The summed E-state index contributed by atoms with van der Waals surface area (Å²) in [4.78, 5) is 12.8. The molecule has 25 heavy (non-hydrogen) atoms. The number of rotatable bonds is 7. The van der Waals surface area contributed by atoms with E-state index >= 15 is 0 Å². The van der Waals surface area contributed by atoms with Crippen LogP contribution in [-0.4, -0.2) is 17.6 Å². The number of aryl methyl sites for hydroxylation is 1. The van der Waals surface area contributed by atoms with Crippen LogP contribution in [0.3, 0.4) is 0 Å². The quantitative estimate of drug-likeness (QED) is 0.679. The Morgan fingerprint density at radius 3 is 2.72 bits per heavy atom. The number of halogens is 1. The molecule has 1 amide bonds. The fraction of sp³-hybridized carbons (Fsp3) is 0.211. The van der Waals surface area contributed by atoms with E-state index in [0.29, 0.717) is 22.6 Å². The van der Waals surface area contributed by atoms with Gasteiger partial charge in [-0.2, -0.15) is 0 Å². The third-order valence-electron chi connectivity index (χ3n) is 3.98. The van der Waals surface area contributed by atoms with Gasteiger partial charge in [0.2, 0.25) is 5.91 Å². The van der Waals surface area contributed by atoms with E-state index in [1.54, 1.807) is 36.4 Å². The van der Waals surface area contributed by atoms with Gasteiger partial charge in [0.25, 0.3) is 0 Å². The third-order valence-corrected chi connectivity index (χ3v) is 5.00. The summed E-state index contributed by atoms with van der Waals surface area (Å²) in [5, 5.41) is 15.6. The highest BCUT2D eigenvalue weighted by atomic mass is 32.1. The van der Waals surface area contributed by atoms with Gasteiger partial charge in [0.15, 0.2) is 5.60 Å². The predicted molar refractivity (Wildman–Crippen MR) is 93.8 cm³/mol. The summed E-state index contributed by atoms with van der Waals surface area (Å²) in [6.45, 7) is -0.0167. The Kier molecular flexibility index (Phi) is 5.31. The van der Waals surface area contributed by atoms with E-state index in [-0.39, 0.29) is 24.7 Å². The number of amides is 1. The summed E-state index contributed by atoms with van der Waals surface area (Å²) in [7, 11) is 0. The summed E-state index contributed by atoms with van der Waals surface area (Å²) in [5.41, 5.74) is -0.928. The fourth-order valence-corrected chi connectivity index (χ4v) is 3.42.